The largest absolute Gasteiger partial charge is 0.347 e. The summed E-state index contributed by atoms with van der Waals surface area (Å²) in [5, 5.41) is 1.98. The van der Waals surface area contributed by atoms with Crippen molar-refractivity contribution in [3.63, 3.8) is 0 Å². The lowest BCUT2D eigenvalue weighted by Gasteiger charge is -2.29. The minimum Gasteiger partial charge on any atom is -0.334 e. The molecule has 0 radical (unpaired) electrons. The third-order valence-electron chi connectivity index (χ3n) is 4.02. The van der Waals surface area contributed by atoms with E-state index in [1.807, 2.05) is 0 Å². The van der Waals surface area contributed by atoms with Crippen molar-refractivity contribution in [2.75, 3.05) is 25.6 Å². The van der Waals surface area contributed by atoms with Crippen LogP contribution in [-0.2, 0) is 13.0 Å². The SMILES string of the molecule is CN(C)n1c(=O)[nH]c2c(c1=O)CN(C(=O)c1ccc(Cl)cc1)CC2. The van der Waals surface area contributed by atoms with Crippen molar-refractivity contribution in [2.45, 2.75) is 13.0 Å². The van der Waals surface area contributed by atoms with Crippen LogP contribution in [0.15, 0.2) is 33.9 Å². The third kappa shape index (κ3) is 2.82. The number of benzene rings is 1. The van der Waals surface area contributed by atoms with Crippen molar-refractivity contribution >= 4 is 17.5 Å². The normalized spacial score (nSPS) is 13.5. The second kappa shape index (κ2) is 6.16. The van der Waals surface area contributed by atoms with Gasteiger partial charge in [-0.3, -0.25) is 9.59 Å². The Morgan fingerprint density at radius 3 is 2.50 bits per heavy atom. The van der Waals surface area contributed by atoms with Gasteiger partial charge >= 0.3 is 5.69 Å². The zero-order valence-corrected chi connectivity index (χ0v) is 14.1. The highest BCUT2D eigenvalue weighted by Crippen LogP contribution is 2.17. The Labute approximate surface area is 143 Å². The number of nitrogens with zero attached hydrogens (tertiary/aromatic N) is 3. The molecule has 1 aliphatic rings. The smallest absolute Gasteiger partial charge is 0.334 e. The quantitative estimate of drug-likeness (QED) is 0.861. The summed E-state index contributed by atoms with van der Waals surface area (Å²) in [6, 6.07) is 6.63. The van der Waals surface area contributed by atoms with Crippen LogP contribution in [0.3, 0.4) is 0 Å². The molecule has 0 bridgehead atoms. The van der Waals surface area contributed by atoms with E-state index < -0.39 is 11.2 Å². The molecule has 2 heterocycles. The fraction of sp³-hybridized carbons (Fsp3) is 0.312. The molecule has 1 aliphatic heterocycles. The van der Waals surface area contributed by atoms with Gasteiger partial charge in [-0.1, -0.05) is 11.6 Å². The van der Waals surface area contributed by atoms with Gasteiger partial charge in [0.15, 0.2) is 0 Å². The monoisotopic (exact) mass is 348 g/mol. The van der Waals surface area contributed by atoms with Crippen molar-refractivity contribution in [3.8, 4) is 0 Å². The summed E-state index contributed by atoms with van der Waals surface area (Å²) in [6.07, 6.45) is 0.438. The lowest BCUT2D eigenvalue weighted by Crippen LogP contribution is -2.51. The first-order valence-corrected chi connectivity index (χ1v) is 7.86. The number of aromatic nitrogens is 2. The van der Waals surface area contributed by atoms with E-state index >= 15 is 0 Å². The molecule has 24 heavy (non-hydrogen) atoms. The molecule has 126 valence electrons. The molecule has 2 aromatic rings. The summed E-state index contributed by atoms with van der Waals surface area (Å²) in [6.45, 7) is 0.607. The van der Waals surface area contributed by atoms with E-state index in [0.29, 0.717) is 34.8 Å². The van der Waals surface area contributed by atoms with Crippen molar-refractivity contribution < 1.29 is 4.79 Å². The van der Waals surface area contributed by atoms with Gasteiger partial charge in [-0.15, -0.1) is 0 Å². The van der Waals surface area contributed by atoms with E-state index in [1.165, 1.54) is 5.01 Å². The number of H-pyrrole nitrogens is 1. The Hall–Kier alpha value is -2.54. The summed E-state index contributed by atoms with van der Waals surface area (Å²) in [4.78, 5) is 41.5. The molecule has 0 unspecified atom stereocenters. The van der Waals surface area contributed by atoms with Crippen LogP contribution < -0.4 is 16.3 Å². The fourth-order valence-corrected chi connectivity index (χ4v) is 2.94. The first-order chi connectivity index (χ1) is 11.4. The summed E-state index contributed by atoms with van der Waals surface area (Å²) < 4.78 is 1.02. The lowest BCUT2D eigenvalue weighted by atomic mass is 10.1. The maximum absolute atomic E-state index is 12.6. The first kappa shape index (κ1) is 16.3. The summed E-state index contributed by atoms with van der Waals surface area (Å²) >= 11 is 5.84. The molecule has 3 rings (SSSR count). The van der Waals surface area contributed by atoms with E-state index in [1.54, 1.807) is 43.3 Å². The number of hydrogen-bond acceptors (Lipinski definition) is 4. The molecule has 0 atom stereocenters. The molecule has 1 N–H and O–H groups in total. The zero-order valence-electron chi connectivity index (χ0n) is 13.4. The molecular formula is C16H17ClN4O3. The van der Waals surface area contributed by atoms with Crippen LogP contribution in [0, 0.1) is 0 Å². The Morgan fingerprint density at radius 1 is 1.21 bits per heavy atom. The zero-order chi connectivity index (χ0) is 17.4. The molecule has 0 spiro atoms. The van der Waals surface area contributed by atoms with Gasteiger partial charge in [0.1, 0.15) is 0 Å². The van der Waals surface area contributed by atoms with Gasteiger partial charge in [-0.2, -0.15) is 4.68 Å². The fourth-order valence-electron chi connectivity index (χ4n) is 2.81. The maximum atomic E-state index is 12.6. The number of nitrogens with one attached hydrogen (secondary N) is 1. The van der Waals surface area contributed by atoms with Crippen molar-refractivity contribution in [1.82, 2.24) is 14.6 Å². The summed E-state index contributed by atoms with van der Waals surface area (Å²) in [5.41, 5.74) is 0.689. The lowest BCUT2D eigenvalue weighted by molar-refractivity contribution is 0.0732. The van der Waals surface area contributed by atoms with E-state index in [0.717, 1.165) is 4.68 Å². The second-order valence-electron chi connectivity index (χ2n) is 5.84. The molecule has 1 aromatic carbocycles. The average molecular weight is 349 g/mol. The second-order valence-corrected chi connectivity index (χ2v) is 6.27. The van der Waals surface area contributed by atoms with Crippen LogP contribution in [0.2, 0.25) is 5.02 Å². The van der Waals surface area contributed by atoms with Gasteiger partial charge in [0.2, 0.25) is 0 Å². The van der Waals surface area contributed by atoms with Crippen LogP contribution in [0.5, 0.6) is 0 Å². The number of rotatable bonds is 2. The van der Waals surface area contributed by atoms with Crippen molar-refractivity contribution in [2.24, 2.45) is 0 Å². The molecule has 0 saturated carbocycles. The van der Waals surface area contributed by atoms with Gasteiger partial charge in [0.05, 0.1) is 12.1 Å². The van der Waals surface area contributed by atoms with E-state index in [9.17, 15) is 14.4 Å². The Kier molecular flexibility index (Phi) is 4.19. The standard InChI is InChI=1S/C16H17ClN4O3/c1-19(2)21-15(23)12-9-20(8-7-13(12)18-16(21)24)14(22)10-3-5-11(17)6-4-10/h3-6H,7-9H2,1-2H3,(H,18,24). The minimum absolute atomic E-state index is 0.167. The molecule has 1 amide bonds. The van der Waals surface area contributed by atoms with Crippen LogP contribution in [-0.4, -0.2) is 41.1 Å². The van der Waals surface area contributed by atoms with Gasteiger partial charge < -0.3 is 14.9 Å². The Balaban J connectivity index is 1.95. The van der Waals surface area contributed by atoms with Crippen LogP contribution in [0.4, 0.5) is 0 Å². The number of fused-ring (bicyclic) bond motifs is 1. The molecule has 0 saturated heterocycles. The van der Waals surface area contributed by atoms with E-state index in [2.05, 4.69) is 4.98 Å². The number of carbonyl (C=O) groups is 1. The molecule has 7 nitrogen and oxygen atoms in total. The molecule has 8 heteroatoms. The highest BCUT2D eigenvalue weighted by molar-refractivity contribution is 6.30. The Morgan fingerprint density at radius 2 is 1.88 bits per heavy atom. The number of amides is 1. The summed E-state index contributed by atoms with van der Waals surface area (Å²) in [5.74, 6) is -0.167. The highest BCUT2D eigenvalue weighted by atomic mass is 35.5. The average Bonchev–Trinajstić information content (AvgIpc) is 2.54. The highest BCUT2D eigenvalue weighted by Gasteiger charge is 2.26. The van der Waals surface area contributed by atoms with Gasteiger partial charge in [0.25, 0.3) is 11.5 Å². The van der Waals surface area contributed by atoms with E-state index in [-0.39, 0.29) is 12.5 Å². The van der Waals surface area contributed by atoms with Crippen LogP contribution >= 0.6 is 11.6 Å². The number of aromatic amines is 1. The van der Waals surface area contributed by atoms with Crippen LogP contribution in [0.1, 0.15) is 21.6 Å². The summed E-state index contributed by atoms with van der Waals surface area (Å²) in [7, 11) is 3.23. The van der Waals surface area contributed by atoms with Crippen molar-refractivity contribution in [1.29, 1.82) is 0 Å². The first-order valence-electron chi connectivity index (χ1n) is 7.48. The Bertz CT molecular complexity index is 899. The predicted octanol–water partition coefficient (Wildman–Crippen LogP) is 0.586. The molecular weight excluding hydrogens is 332 g/mol. The minimum atomic E-state index is -0.471. The van der Waals surface area contributed by atoms with Gasteiger partial charge in [0, 0.05) is 43.3 Å². The number of halogens is 1. The van der Waals surface area contributed by atoms with Gasteiger partial charge in [-0.05, 0) is 24.3 Å². The van der Waals surface area contributed by atoms with Gasteiger partial charge in [-0.25, -0.2) is 4.79 Å². The van der Waals surface area contributed by atoms with Crippen LogP contribution in [0.25, 0.3) is 0 Å². The maximum Gasteiger partial charge on any atom is 0.347 e. The molecule has 1 aromatic heterocycles. The number of hydrogen-bond donors (Lipinski definition) is 1. The van der Waals surface area contributed by atoms with Crippen molar-refractivity contribution in [3.05, 3.63) is 66.9 Å². The molecule has 0 aliphatic carbocycles. The molecule has 0 fully saturated rings. The predicted molar refractivity (Wildman–Crippen MR) is 91.3 cm³/mol. The topological polar surface area (TPSA) is 78.4 Å². The van der Waals surface area contributed by atoms with E-state index in [4.69, 9.17) is 11.6 Å². The third-order valence-corrected chi connectivity index (χ3v) is 4.28. The number of carbonyl (C=O) groups excluding carboxylic acids is 1.